The first-order valence-electron chi connectivity index (χ1n) is 7.03. The van der Waals surface area contributed by atoms with E-state index in [2.05, 4.69) is 0 Å². The standard InChI is InChI=1S/C16H16O9/c1-2-3-13(4-17,5-18)15(9-22,10-23)16(11-24,12-25)14(6-19,7-20)8-21/h4-12H,2-3H2,1H3. The molecule has 0 aliphatic rings. The summed E-state index contributed by atoms with van der Waals surface area (Å²) in [6.07, 6.45) is -3.26. The molecular formula is C16H16O9. The molecule has 0 aliphatic heterocycles. The zero-order valence-electron chi connectivity index (χ0n) is 13.3. The molecule has 0 aromatic carbocycles. The fourth-order valence-corrected chi connectivity index (χ4v) is 2.95. The highest BCUT2D eigenvalue weighted by Crippen LogP contribution is 2.54. The first-order chi connectivity index (χ1) is 11.9. The average molecular weight is 352 g/mol. The molecule has 0 unspecified atom stereocenters. The number of carbonyl (C=O) groups excluding carboxylic acids is 9. The predicted molar refractivity (Wildman–Crippen MR) is 79.2 cm³/mol. The van der Waals surface area contributed by atoms with Crippen molar-refractivity contribution in [3.63, 3.8) is 0 Å². The Morgan fingerprint density at radius 1 is 0.520 bits per heavy atom. The molecule has 0 fully saturated rings. The lowest BCUT2D eigenvalue weighted by molar-refractivity contribution is -0.176. The lowest BCUT2D eigenvalue weighted by Gasteiger charge is -2.48. The van der Waals surface area contributed by atoms with E-state index >= 15 is 0 Å². The molecule has 0 radical (unpaired) electrons. The summed E-state index contributed by atoms with van der Waals surface area (Å²) in [5.41, 5.74) is -11.9. The molecule has 0 bridgehead atoms. The lowest BCUT2D eigenvalue weighted by atomic mass is 9.45. The normalized spacial score (nSPS) is 12.4. The zero-order chi connectivity index (χ0) is 19.8. The summed E-state index contributed by atoms with van der Waals surface area (Å²) in [6, 6.07) is 0. The maximum Gasteiger partial charge on any atom is 0.156 e. The van der Waals surface area contributed by atoms with Gasteiger partial charge in [0.1, 0.15) is 72.8 Å². The van der Waals surface area contributed by atoms with E-state index in [0.717, 1.165) is 0 Å². The molecule has 9 nitrogen and oxygen atoms in total. The summed E-state index contributed by atoms with van der Waals surface area (Å²) >= 11 is 0. The van der Waals surface area contributed by atoms with Crippen LogP contribution in [0.15, 0.2) is 0 Å². The Labute approximate surface area is 142 Å². The van der Waals surface area contributed by atoms with Crippen LogP contribution in [0, 0.1) is 21.7 Å². The highest BCUT2D eigenvalue weighted by molar-refractivity contribution is 6.18. The third-order valence-corrected chi connectivity index (χ3v) is 4.58. The van der Waals surface area contributed by atoms with E-state index in [4.69, 9.17) is 0 Å². The van der Waals surface area contributed by atoms with Crippen LogP contribution >= 0.6 is 0 Å². The molecule has 0 atom stereocenters. The first-order valence-corrected chi connectivity index (χ1v) is 7.03. The van der Waals surface area contributed by atoms with E-state index in [1.165, 1.54) is 6.92 Å². The zero-order valence-corrected chi connectivity index (χ0v) is 13.3. The van der Waals surface area contributed by atoms with E-state index in [1.54, 1.807) is 0 Å². The van der Waals surface area contributed by atoms with Crippen LogP contribution < -0.4 is 0 Å². The van der Waals surface area contributed by atoms with Crippen molar-refractivity contribution in [3.8, 4) is 0 Å². The van der Waals surface area contributed by atoms with Gasteiger partial charge in [-0.05, 0) is 6.42 Å². The minimum absolute atomic E-state index is 0.0466. The molecule has 0 N–H and O–H groups in total. The minimum Gasteiger partial charge on any atom is -0.302 e. The molecule has 0 aromatic rings. The van der Waals surface area contributed by atoms with Crippen LogP contribution in [0.5, 0.6) is 0 Å². The highest BCUT2D eigenvalue weighted by Gasteiger charge is 2.72. The van der Waals surface area contributed by atoms with Crippen LogP contribution in [0.4, 0.5) is 0 Å². The molecule has 134 valence electrons. The van der Waals surface area contributed by atoms with E-state index in [0.29, 0.717) is 0 Å². The summed E-state index contributed by atoms with van der Waals surface area (Å²) in [6.45, 7) is 1.47. The van der Waals surface area contributed by atoms with Gasteiger partial charge in [-0.15, -0.1) is 0 Å². The van der Waals surface area contributed by atoms with Crippen molar-refractivity contribution in [1.82, 2.24) is 0 Å². The molecule has 0 saturated heterocycles. The molecule has 0 aromatic heterocycles. The Morgan fingerprint density at radius 3 is 1.08 bits per heavy atom. The van der Waals surface area contributed by atoms with Gasteiger partial charge >= 0.3 is 0 Å². The molecule has 0 rings (SSSR count). The van der Waals surface area contributed by atoms with Crippen LogP contribution in [0.2, 0.25) is 0 Å². The Morgan fingerprint density at radius 2 is 0.880 bits per heavy atom. The second-order valence-corrected chi connectivity index (χ2v) is 5.52. The Hall–Kier alpha value is -2.97. The fraction of sp³-hybridized carbons (Fsp3) is 0.438. The minimum atomic E-state index is -3.22. The summed E-state index contributed by atoms with van der Waals surface area (Å²) in [5, 5.41) is 0. The Balaban J connectivity index is 7.51. The third kappa shape index (κ3) is 2.51. The van der Waals surface area contributed by atoms with E-state index < -0.39 is 40.7 Å². The van der Waals surface area contributed by atoms with Gasteiger partial charge in [-0.1, -0.05) is 13.3 Å². The molecule has 0 saturated carbocycles. The number of aldehydes is 9. The molecule has 0 heterocycles. The van der Waals surface area contributed by atoms with Crippen molar-refractivity contribution in [1.29, 1.82) is 0 Å². The summed E-state index contributed by atoms with van der Waals surface area (Å²) in [4.78, 5) is 105. The monoisotopic (exact) mass is 352 g/mol. The van der Waals surface area contributed by atoms with Crippen molar-refractivity contribution >= 4 is 56.6 Å². The maximum atomic E-state index is 11.8. The first kappa shape index (κ1) is 22.0. The van der Waals surface area contributed by atoms with E-state index in [9.17, 15) is 43.2 Å². The van der Waals surface area contributed by atoms with Gasteiger partial charge in [0.05, 0.1) is 0 Å². The van der Waals surface area contributed by atoms with Gasteiger partial charge in [-0.3, -0.25) is 0 Å². The number of rotatable bonds is 14. The second-order valence-electron chi connectivity index (χ2n) is 5.52. The quantitative estimate of drug-likeness (QED) is 0.269. The molecule has 0 spiro atoms. The summed E-state index contributed by atoms with van der Waals surface area (Å²) < 4.78 is 0. The largest absolute Gasteiger partial charge is 0.302 e. The third-order valence-electron chi connectivity index (χ3n) is 4.58. The van der Waals surface area contributed by atoms with Gasteiger partial charge in [-0.2, -0.15) is 0 Å². The second kappa shape index (κ2) is 8.22. The fourth-order valence-electron chi connectivity index (χ4n) is 2.95. The highest BCUT2D eigenvalue weighted by atomic mass is 16.2. The van der Waals surface area contributed by atoms with Gasteiger partial charge in [0.15, 0.2) is 5.41 Å². The van der Waals surface area contributed by atoms with Gasteiger partial charge in [0.2, 0.25) is 0 Å². The average Bonchev–Trinajstić information content (AvgIpc) is 2.67. The summed E-state index contributed by atoms with van der Waals surface area (Å²) in [7, 11) is 0. The lowest BCUT2D eigenvalue weighted by Crippen LogP contribution is -2.67. The van der Waals surface area contributed by atoms with Gasteiger partial charge in [-0.25, -0.2) is 0 Å². The molecule has 0 aliphatic carbocycles. The SMILES string of the molecule is CCCC(C=O)(C=O)C(C=O)(C=O)C(C=O)(C=O)C(C=O)(C=O)C=O. The van der Waals surface area contributed by atoms with Crippen molar-refractivity contribution in [2.24, 2.45) is 21.7 Å². The van der Waals surface area contributed by atoms with Gasteiger partial charge < -0.3 is 43.2 Å². The van der Waals surface area contributed by atoms with Crippen LogP contribution in [-0.4, -0.2) is 56.6 Å². The number of hydrogen-bond acceptors (Lipinski definition) is 9. The van der Waals surface area contributed by atoms with Gasteiger partial charge in [0.25, 0.3) is 0 Å². The van der Waals surface area contributed by atoms with Crippen molar-refractivity contribution < 1.29 is 43.2 Å². The van der Waals surface area contributed by atoms with Crippen molar-refractivity contribution in [2.75, 3.05) is 0 Å². The molecule has 0 amide bonds. The van der Waals surface area contributed by atoms with Crippen molar-refractivity contribution in [2.45, 2.75) is 19.8 Å². The molecular weight excluding hydrogens is 336 g/mol. The Kier molecular flexibility index (Phi) is 7.25. The van der Waals surface area contributed by atoms with E-state index in [1.807, 2.05) is 0 Å². The number of hydrogen-bond donors (Lipinski definition) is 0. The van der Waals surface area contributed by atoms with Crippen LogP contribution in [0.1, 0.15) is 19.8 Å². The molecule has 9 heteroatoms. The van der Waals surface area contributed by atoms with Crippen LogP contribution in [0.3, 0.4) is 0 Å². The predicted octanol–water partition coefficient (Wildman–Crippen LogP) is -1.48. The topological polar surface area (TPSA) is 154 Å². The smallest absolute Gasteiger partial charge is 0.156 e. The van der Waals surface area contributed by atoms with Crippen LogP contribution in [0.25, 0.3) is 0 Å². The maximum absolute atomic E-state index is 11.8. The molecule has 25 heavy (non-hydrogen) atoms. The number of carbonyl (C=O) groups is 9. The van der Waals surface area contributed by atoms with Crippen LogP contribution in [-0.2, 0) is 43.2 Å². The van der Waals surface area contributed by atoms with E-state index in [-0.39, 0.29) is 50.4 Å². The summed E-state index contributed by atoms with van der Waals surface area (Å²) in [5.74, 6) is 0. The van der Waals surface area contributed by atoms with Gasteiger partial charge in [0, 0.05) is 0 Å². The van der Waals surface area contributed by atoms with Crippen molar-refractivity contribution in [3.05, 3.63) is 0 Å². The Bertz CT molecular complexity index is 559.